The molecule has 0 aliphatic carbocycles. The Bertz CT molecular complexity index is 327. The highest BCUT2D eigenvalue weighted by atomic mass is 16.1. The second-order valence-electron chi connectivity index (χ2n) is 4.38. The summed E-state index contributed by atoms with van der Waals surface area (Å²) in [7, 11) is 2.07. The first kappa shape index (κ1) is 11.8. The summed E-state index contributed by atoms with van der Waals surface area (Å²) in [6.07, 6.45) is 0. The fraction of sp³-hybridized carbons (Fsp3) is 0.462. The quantitative estimate of drug-likeness (QED) is 0.704. The maximum atomic E-state index is 11.1. The topological polar surface area (TPSA) is 20.3 Å². The molecule has 0 bridgehead atoms. The summed E-state index contributed by atoms with van der Waals surface area (Å²) in [5, 5.41) is 0. The molecule has 0 saturated carbocycles. The normalized spacial score (nSPS) is 10.5. The van der Waals surface area contributed by atoms with Gasteiger partial charge in [-0.25, -0.2) is 0 Å². The molecule has 0 atom stereocenters. The van der Waals surface area contributed by atoms with Crippen LogP contribution in [0, 0.1) is 5.92 Å². The molecule has 82 valence electrons. The lowest BCUT2D eigenvalue weighted by Crippen LogP contribution is -2.22. The van der Waals surface area contributed by atoms with Crippen LogP contribution in [0.3, 0.4) is 0 Å². The number of ketones is 1. The van der Waals surface area contributed by atoms with Crippen LogP contribution in [0.25, 0.3) is 0 Å². The molecule has 0 aromatic heterocycles. The molecule has 0 saturated heterocycles. The van der Waals surface area contributed by atoms with Gasteiger partial charge in [-0.1, -0.05) is 13.8 Å². The summed E-state index contributed by atoms with van der Waals surface area (Å²) in [6.45, 7) is 7.01. The zero-order valence-corrected chi connectivity index (χ0v) is 9.95. The average molecular weight is 205 g/mol. The van der Waals surface area contributed by atoms with E-state index in [1.165, 1.54) is 0 Å². The van der Waals surface area contributed by atoms with Crippen molar-refractivity contribution in [1.29, 1.82) is 0 Å². The molecule has 0 aliphatic rings. The molecule has 1 aromatic rings. The molecule has 0 radical (unpaired) electrons. The lowest BCUT2D eigenvalue weighted by Gasteiger charge is -2.21. The van der Waals surface area contributed by atoms with Crippen LogP contribution in [0.5, 0.6) is 0 Å². The minimum absolute atomic E-state index is 0.119. The first-order chi connectivity index (χ1) is 7.00. The summed E-state index contributed by atoms with van der Waals surface area (Å²) in [4.78, 5) is 13.3. The number of Topliss-reactive ketones (excluding diaryl/α,β-unsaturated/α-hetero) is 1. The van der Waals surface area contributed by atoms with Crippen LogP contribution < -0.4 is 4.90 Å². The second kappa shape index (κ2) is 4.96. The van der Waals surface area contributed by atoms with Crippen molar-refractivity contribution < 1.29 is 4.79 Å². The number of carbonyl (C=O) groups is 1. The fourth-order valence-corrected chi connectivity index (χ4v) is 1.60. The molecular formula is C13H19NO. The molecule has 2 nitrogen and oxygen atoms in total. The molecule has 0 N–H and O–H groups in total. The van der Waals surface area contributed by atoms with Crippen molar-refractivity contribution >= 4 is 11.5 Å². The summed E-state index contributed by atoms with van der Waals surface area (Å²) < 4.78 is 0. The Hall–Kier alpha value is -1.31. The number of rotatable bonds is 4. The van der Waals surface area contributed by atoms with Crippen LogP contribution in [0.15, 0.2) is 24.3 Å². The van der Waals surface area contributed by atoms with Crippen molar-refractivity contribution in [1.82, 2.24) is 0 Å². The second-order valence-corrected chi connectivity index (χ2v) is 4.38. The zero-order chi connectivity index (χ0) is 11.4. The van der Waals surface area contributed by atoms with Crippen LogP contribution in [0.2, 0.25) is 0 Å². The maximum absolute atomic E-state index is 11.1. The van der Waals surface area contributed by atoms with Gasteiger partial charge in [0.1, 0.15) is 0 Å². The Labute approximate surface area is 91.9 Å². The van der Waals surface area contributed by atoms with Gasteiger partial charge in [-0.05, 0) is 37.1 Å². The van der Waals surface area contributed by atoms with Gasteiger partial charge in [0.15, 0.2) is 5.78 Å². The summed E-state index contributed by atoms with van der Waals surface area (Å²) in [5.41, 5.74) is 1.94. The van der Waals surface area contributed by atoms with Gasteiger partial charge in [-0.15, -0.1) is 0 Å². The fourth-order valence-electron chi connectivity index (χ4n) is 1.60. The van der Waals surface area contributed by atoms with Crippen molar-refractivity contribution in [3.63, 3.8) is 0 Å². The van der Waals surface area contributed by atoms with Gasteiger partial charge < -0.3 is 4.90 Å². The Kier molecular flexibility index (Phi) is 3.89. The van der Waals surface area contributed by atoms with Crippen molar-refractivity contribution in [2.24, 2.45) is 5.92 Å². The van der Waals surface area contributed by atoms with E-state index < -0.39 is 0 Å². The van der Waals surface area contributed by atoms with Crippen molar-refractivity contribution in [2.45, 2.75) is 20.8 Å². The third kappa shape index (κ3) is 3.39. The van der Waals surface area contributed by atoms with E-state index in [-0.39, 0.29) is 5.78 Å². The van der Waals surface area contributed by atoms with Gasteiger partial charge in [0.25, 0.3) is 0 Å². The van der Waals surface area contributed by atoms with Crippen LogP contribution in [0.4, 0.5) is 5.69 Å². The number of nitrogens with zero attached hydrogens (tertiary/aromatic N) is 1. The van der Waals surface area contributed by atoms with Crippen LogP contribution in [0.1, 0.15) is 31.1 Å². The lowest BCUT2D eigenvalue weighted by atomic mass is 10.1. The van der Waals surface area contributed by atoms with Gasteiger partial charge in [-0.2, -0.15) is 0 Å². The highest BCUT2D eigenvalue weighted by Gasteiger charge is 2.04. The summed E-state index contributed by atoms with van der Waals surface area (Å²) >= 11 is 0. The van der Waals surface area contributed by atoms with E-state index in [0.717, 1.165) is 17.8 Å². The molecule has 0 fully saturated rings. The lowest BCUT2D eigenvalue weighted by molar-refractivity contribution is 0.101. The van der Waals surface area contributed by atoms with Gasteiger partial charge in [0.05, 0.1) is 0 Å². The monoisotopic (exact) mass is 205 g/mol. The molecule has 15 heavy (non-hydrogen) atoms. The Morgan fingerprint density at radius 1 is 1.27 bits per heavy atom. The van der Waals surface area contributed by atoms with Crippen LogP contribution in [-0.4, -0.2) is 19.4 Å². The van der Waals surface area contributed by atoms with Crippen molar-refractivity contribution in [2.75, 3.05) is 18.5 Å². The summed E-state index contributed by atoms with van der Waals surface area (Å²) in [6, 6.07) is 7.77. The minimum atomic E-state index is 0.119. The van der Waals surface area contributed by atoms with Crippen molar-refractivity contribution in [3.8, 4) is 0 Å². The number of hydrogen-bond acceptors (Lipinski definition) is 2. The average Bonchev–Trinajstić information content (AvgIpc) is 2.17. The SMILES string of the molecule is CC(=O)c1ccc(N(C)CC(C)C)cc1. The van der Waals surface area contributed by atoms with E-state index in [1.54, 1.807) is 6.92 Å². The Balaban J connectivity index is 2.75. The predicted octanol–water partition coefficient (Wildman–Crippen LogP) is 2.98. The standard InChI is InChI=1S/C13H19NO/c1-10(2)9-14(4)13-7-5-12(6-8-13)11(3)15/h5-8,10H,9H2,1-4H3. The van der Waals surface area contributed by atoms with Crippen LogP contribution in [-0.2, 0) is 0 Å². The highest BCUT2D eigenvalue weighted by molar-refractivity contribution is 5.94. The number of anilines is 1. The zero-order valence-electron chi connectivity index (χ0n) is 9.95. The molecule has 1 rings (SSSR count). The van der Waals surface area contributed by atoms with Crippen molar-refractivity contribution in [3.05, 3.63) is 29.8 Å². The molecule has 0 aliphatic heterocycles. The molecular weight excluding hydrogens is 186 g/mol. The molecule has 0 spiro atoms. The molecule has 0 unspecified atom stereocenters. The largest absolute Gasteiger partial charge is 0.374 e. The van der Waals surface area contributed by atoms with E-state index >= 15 is 0 Å². The van der Waals surface area contributed by atoms with Gasteiger partial charge in [0.2, 0.25) is 0 Å². The van der Waals surface area contributed by atoms with E-state index in [9.17, 15) is 4.79 Å². The Morgan fingerprint density at radius 3 is 2.20 bits per heavy atom. The highest BCUT2D eigenvalue weighted by Crippen LogP contribution is 2.15. The first-order valence-electron chi connectivity index (χ1n) is 5.33. The van der Waals surface area contributed by atoms with E-state index in [1.807, 2.05) is 24.3 Å². The number of benzene rings is 1. The smallest absolute Gasteiger partial charge is 0.159 e. The third-order valence-corrected chi connectivity index (χ3v) is 2.35. The third-order valence-electron chi connectivity index (χ3n) is 2.35. The number of carbonyl (C=O) groups excluding carboxylic acids is 1. The molecule has 0 heterocycles. The Morgan fingerprint density at radius 2 is 1.80 bits per heavy atom. The maximum Gasteiger partial charge on any atom is 0.159 e. The number of hydrogen-bond donors (Lipinski definition) is 0. The van der Waals surface area contributed by atoms with Gasteiger partial charge in [-0.3, -0.25) is 4.79 Å². The molecule has 0 amide bonds. The van der Waals surface area contributed by atoms with E-state index in [0.29, 0.717) is 5.92 Å². The molecule has 1 aromatic carbocycles. The van der Waals surface area contributed by atoms with Crippen LogP contribution >= 0.6 is 0 Å². The van der Waals surface area contributed by atoms with E-state index in [2.05, 4.69) is 25.8 Å². The molecule has 2 heteroatoms. The van der Waals surface area contributed by atoms with Gasteiger partial charge in [0, 0.05) is 24.8 Å². The van der Waals surface area contributed by atoms with E-state index in [4.69, 9.17) is 0 Å². The predicted molar refractivity (Wildman–Crippen MR) is 64.6 cm³/mol. The first-order valence-corrected chi connectivity index (χ1v) is 5.33. The summed E-state index contributed by atoms with van der Waals surface area (Å²) in [5.74, 6) is 0.760. The van der Waals surface area contributed by atoms with Gasteiger partial charge >= 0.3 is 0 Å². The minimum Gasteiger partial charge on any atom is -0.374 e.